The van der Waals surface area contributed by atoms with Crippen LogP contribution in [0, 0.1) is 5.82 Å². The number of fused-ring (bicyclic) bond motifs is 1. The van der Waals surface area contributed by atoms with Crippen LogP contribution in [0.4, 0.5) is 4.39 Å². The molecule has 1 saturated heterocycles. The lowest BCUT2D eigenvalue weighted by molar-refractivity contribution is -0.137. The second-order valence-electron chi connectivity index (χ2n) is 7.23. The minimum atomic E-state index is -0.427. The number of aromatic nitrogens is 2. The van der Waals surface area contributed by atoms with Crippen molar-refractivity contribution >= 4 is 12.2 Å². The van der Waals surface area contributed by atoms with Crippen molar-refractivity contribution < 1.29 is 18.4 Å². The summed E-state index contributed by atoms with van der Waals surface area (Å²) >= 11 is 0. The number of hydrazone groups is 1. The standard InChI is InChI=1S/C21H19FN6O3/c1-30-18-5-3-2-4-15(18)20-24-19(31-26-20)11-27-21(29)17-10-16(25-28(17)12-23-27)13-6-8-14(22)9-7-13/h2-9,12,16-17,25H,10-11H2,1H3. The van der Waals surface area contributed by atoms with Crippen LogP contribution in [0.15, 0.2) is 58.2 Å². The average Bonchev–Trinajstić information content (AvgIpc) is 3.44. The van der Waals surface area contributed by atoms with Crippen LogP contribution in [0.25, 0.3) is 11.4 Å². The lowest BCUT2D eigenvalue weighted by Gasteiger charge is -2.29. The molecule has 0 radical (unpaired) electrons. The molecule has 0 bridgehead atoms. The van der Waals surface area contributed by atoms with E-state index >= 15 is 0 Å². The molecule has 0 saturated carbocycles. The van der Waals surface area contributed by atoms with E-state index in [0.717, 1.165) is 5.56 Å². The Morgan fingerprint density at radius 1 is 1.23 bits per heavy atom. The van der Waals surface area contributed by atoms with Crippen LogP contribution in [-0.2, 0) is 11.3 Å². The topological polar surface area (TPSA) is 96.1 Å². The van der Waals surface area contributed by atoms with Gasteiger partial charge in [-0.3, -0.25) is 9.80 Å². The Morgan fingerprint density at radius 2 is 2.03 bits per heavy atom. The maximum atomic E-state index is 13.2. The van der Waals surface area contributed by atoms with Crippen molar-refractivity contribution in [2.75, 3.05) is 7.11 Å². The number of benzene rings is 2. The third-order valence-corrected chi connectivity index (χ3v) is 5.33. The molecule has 3 aromatic rings. The number of rotatable bonds is 5. The van der Waals surface area contributed by atoms with Crippen LogP contribution in [0.5, 0.6) is 5.75 Å². The predicted octanol–water partition coefficient (Wildman–Crippen LogP) is 2.49. The average molecular weight is 422 g/mol. The van der Waals surface area contributed by atoms with Gasteiger partial charge in [0.15, 0.2) is 0 Å². The van der Waals surface area contributed by atoms with Crippen molar-refractivity contribution in [1.82, 2.24) is 25.6 Å². The normalized spacial score (nSPS) is 20.3. The zero-order valence-corrected chi connectivity index (χ0v) is 16.6. The maximum absolute atomic E-state index is 13.2. The molecule has 158 valence electrons. The van der Waals surface area contributed by atoms with E-state index in [2.05, 4.69) is 20.7 Å². The Labute approximate surface area is 177 Å². The van der Waals surface area contributed by atoms with E-state index < -0.39 is 6.04 Å². The van der Waals surface area contributed by atoms with Gasteiger partial charge in [-0.2, -0.15) is 10.1 Å². The summed E-state index contributed by atoms with van der Waals surface area (Å²) in [5.74, 6) is 0.788. The van der Waals surface area contributed by atoms with E-state index in [4.69, 9.17) is 9.26 Å². The van der Waals surface area contributed by atoms with E-state index in [0.29, 0.717) is 23.6 Å². The minimum absolute atomic E-state index is 0.0586. The fourth-order valence-corrected chi connectivity index (χ4v) is 3.75. The molecule has 0 spiro atoms. The molecule has 2 atom stereocenters. The molecular weight excluding hydrogens is 403 g/mol. The molecular formula is C21H19FN6O3. The van der Waals surface area contributed by atoms with Crippen LogP contribution in [-0.4, -0.2) is 45.6 Å². The molecule has 2 aliphatic heterocycles. The number of nitrogens with zero attached hydrogens (tertiary/aromatic N) is 5. The van der Waals surface area contributed by atoms with Crippen molar-refractivity contribution in [3.8, 4) is 17.1 Å². The van der Waals surface area contributed by atoms with E-state index in [1.54, 1.807) is 30.6 Å². The summed E-state index contributed by atoms with van der Waals surface area (Å²) in [6, 6.07) is 13.0. The minimum Gasteiger partial charge on any atom is -0.496 e. The van der Waals surface area contributed by atoms with E-state index in [1.165, 1.54) is 17.1 Å². The van der Waals surface area contributed by atoms with Gasteiger partial charge in [0.2, 0.25) is 11.7 Å². The summed E-state index contributed by atoms with van der Waals surface area (Å²) in [4.78, 5) is 17.4. The van der Waals surface area contributed by atoms with Gasteiger partial charge in [-0.15, -0.1) is 0 Å². The maximum Gasteiger partial charge on any atom is 0.267 e. The van der Waals surface area contributed by atoms with Gasteiger partial charge >= 0.3 is 0 Å². The number of hydrazine groups is 1. The van der Waals surface area contributed by atoms with Gasteiger partial charge in [-0.1, -0.05) is 29.4 Å². The van der Waals surface area contributed by atoms with Gasteiger partial charge in [-0.05, 0) is 36.2 Å². The Morgan fingerprint density at radius 3 is 2.84 bits per heavy atom. The number of nitrogens with one attached hydrogen (secondary N) is 1. The molecule has 31 heavy (non-hydrogen) atoms. The van der Waals surface area contributed by atoms with Gasteiger partial charge in [-0.25, -0.2) is 14.8 Å². The number of ether oxygens (including phenoxy) is 1. The fourth-order valence-electron chi connectivity index (χ4n) is 3.75. The van der Waals surface area contributed by atoms with Crippen molar-refractivity contribution in [3.05, 3.63) is 65.8 Å². The number of carbonyl (C=O) groups excluding carboxylic acids is 1. The van der Waals surface area contributed by atoms with E-state index in [-0.39, 0.29) is 30.2 Å². The summed E-state index contributed by atoms with van der Waals surface area (Å²) in [5, 5.41) is 11.2. The number of methoxy groups -OCH3 is 1. The first kappa shape index (κ1) is 19.2. The highest BCUT2D eigenvalue weighted by Crippen LogP contribution is 2.31. The first-order valence-electron chi connectivity index (χ1n) is 9.74. The monoisotopic (exact) mass is 422 g/mol. The molecule has 1 fully saturated rings. The highest BCUT2D eigenvalue weighted by molar-refractivity contribution is 5.87. The summed E-state index contributed by atoms with van der Waals surface area (Å²) in [6.07, 6.45) is 2.09. The first-order chi connectivity index (χ1) is 15.1. The SMILES string of the molecule is COc1ccccc1-c1noc(CN2N=CN3NC(c4ccc(F)cc4)CC3C2=O)n1. The summed E-state index contributed by atoms with van der Waals surface area (Å²) in [7, 11) is 1.57. The predicted molar refractivity (Wildman–Crippen MR) is 108 cm³/mol. The highest BCUT2D eigenvalue weighted by Gasteiger charge is 2.41. The van der Waals surface area contributed by atoms with Crippen LogP contribution >= 0.6 is 0 Å². The molecule has 9 nitrogen and oxygen atoms in total. The lowest BCUT2D eigenvalue weighted by atomic mass is 10.0. The number of halogens is 1. The molecule has 1 aromatic heterocycles. The number of amides is 1. The molecule has 3 heterocycles. The number of hydrogen-bond donors (Lipinski definition) is 1. The molecule has 2 aliphatic rings. The molecule has 10 heteroatoms. The molecule has 5 rings (SSSR count). The van der Waals surface area contributed by atoms with Crippen molar-refractivity contribution in [2.45, 2.75) is 25.0 Å². The van der Waals surface area contributed by atoms with Gasteiger partial charge in [0, 0.05) is 0 Å². The Kier molecular flexibility index (Phi) is 4.83. The van der Waals surface area contributed by atoms with Gasteiger partial charge in [0.25, 0.3) is 5.91 Å². The van der Waals surface area contributed by atoms with Gasteiger partial charge in [0.05, 0.1) is 18.7 Å². The molecule has 1 N–H and O–H groups in total. The fraction of sp³-hybridized carbons (Fsp3) is 0.238. The zero-order valence-electron chi connectivity index (χ0n) is 16.6. The second-order valence-corrected chi connectivity index (χ2v) is 7.23. The second kappa shape index (κ2) is 7.80. The Bertz CT molecular complexity index is 1130. The van der Waals surface area contributed by atoms with Crippen molar-refractivity contribution in [1.29, 1.82) is 0 Å². The van der Waals surface area contributed by atoms with Crippen molar-refractivity contribution in [3.63, 3.8) is 0 Å². The third-order valence-electron chi connectivity index (χ3n) is 5.33. The number of carbonyl (C=O) groups is 1. The first-order valence-corrected chi connectivity index (χ1v) is 9.74. The van der Waals surface area contributed by atoms with Crippen LogP contribution < -0.4 is 10.2 Å². The Balaban J connectivity index is 1.29. The Hall–Kier alpha value is -3.79. The summed E-state index contributed by atoms with van der Waals surface area (Å²) in [5.41, 5.74) is 4.83. The van der Waals surface area contributed by atoms with Gasteiger partial charge < -0.3 is 9.26 Å². The van der Waals surface area contributed by atoms with Crippen LogP contribution in [0.1, 0.15) is 23.9 Å². The molecule has 2 aromatic carbocycles. The van der Waals surface area contributed by atoms with Gasteiger partial charge in [0.1, 0.15) is 30.5 Å². The lowest BCUT2D eigenvalue weighted by Crippen LogP contribution is -2.50. The zero-order chi connectivity index (χ0) is 21.4. The third kappa shape index (κ3) is 3.61. The quantitative estimate of drug-likeness (QED) is 0.675. The van der Waals surface area contributed by atoms with Crippen LogP contribution in [0.2, 0.25) is 0 Å². The molecule has 1 amide bonds. The summed E-state index contributed by atoms with van der Waals surface area (Å²) < 4.78 is 23.9. The number of hydrogen-bond acceptors (Lipinski definition) is 8. The van der Waals surface area contributed by atoms with Crippen LogP contribution in [0.3, 0.4) is 0 Å². The van der Waals surface area contributed by atoms with Crippen molar-refractivity contribution in [2.24, 2.45) is 5.10 Å². The van der Waals surface area contributed by atoms with E-state index in [1.807, 2.05) is 24.3 Å². The largest absolute Gasteiger partial charge is 0.496 e. The highest BCUT2D eigenvalue weighted by atomic mass is 19.1. The molecule has 0 aliphatic carbocycles. The molecule has 2 unspecified atom stereocenters. The van der Waals surface area contributed by atoms with E-state index in [9.17, 15) is 9.18 Å². The smallest absolute Gasteiger partial charge is 0.267 e. The summed E-state index contributed by atoms with van der Waals surface area (Å²) in [6.45, 7) is 0.0586. The number of para-hydroxylation sites is 1.